The first-order chi connectivity index (χ1) is 15.0. The fourth-order valence-corrected chi connectivity index (χ4v) is 3.71. The van der Waals surface area contributed by atoms with E-state index in [-0.39, 0.29) is 16.3 Å². The lowest BCUT2D eigenvalue weighted by Crippen LogP contribution is -2.51. The van der Waals surface area contributed by atoms with Crippen molar-refractivity contribution in [3.63, 3.8) is 0 Å². The molecule has 0 aliphatic rings. The number of halogens is 4. The lowest BCUT2D eigenvalue weighted by molar-refractivity contribution is -0.246. The Labute approximate surface area is 188 Å². The van der Waals surface area contributed by atoms with E-state index in [2.05, 4.69) is 15.3 Å². The van der Waals surface area contributed by atoms with E-state index in [1.54, 1.807) is 25.1 Å². The van der Waals surface area contributed by atoms with E-state index < -0.39 is 17.8 Å². The number of nitrogens with one attached hydrogen (secondary N) is 1. The summed E-state index contributed by atoms with van der Waals surface area (Å²) in [4.78, 5) is 8.49. The molecule has 3 aromatic rings. The molecule has 0 saturated heterocycles. The topological polar surface area (TPSA) is 67.3 Å². The molecule has 0 amide bonds. The molecule has 0 saturated carbocycles. The van der Waals surface area contributed by atoms with E-state index in [0.717, 1.165) is 6.08 Å². The Morgan fingerprint density at radius 3 is 2.56 bits per heavy atom. The number of nitrogens with zero attached hydrogens (tertiary/aromatic N) is 2. The van der Waals surface area contributed by atoms with Crippen molar-refractivity contribution in [3.05, 3.63) is 70.7 Å². The van der Waals surface area contributed by atoms with Gasteiger partial charge in [0.15, 0.2) is 0 Å². The van der Waals surface area contributed by atoms with Crippen LogP contribution in [-0.4, -0.2) is 34.0 Å². The van der Waals surface area contributed by atoms with Gasteiger partial charge in [0.05, 0.1) is 18.7 Å². The van der Waals surface area contributed by atoms with Crippen molar-refractivity contribution in [3.8, 4) is 5.75 Å². The van der Waals surface area contributed by atoms with Gasteiger partial charge in [-0.05, 0) is 51.1 Å². The van der Waals surface area contributed by atoms with Gasteiger partial charge < -0.3 is 15.2 Å². The predicted octanol–water partition coefficient (Wildman–Crippen LogP) is 6.01. The third-order valence-electron chi connectivity index (χ3n) is 4.96. The molecule has 5 nitrogen and oxygen atoms in total. The molecule has 0 bridgehead atoms. The zero-order chi connectivity index (χ0) is 23.7. The summed E-state index contributed by atoms with van der Waals surface area (Å²) in [5, 5.41) is 14.8. The number of methoxy groups -OCH3 is 1. The predicted molar refractivity (Wildman–Crippen MR) is 119 cm³/mol. The Balaban J connectivity index is 2.28. The minimum Gasteiger partial charge on any atom is -0.496 e. The Hall–Kier alpha value is -2.84. The number of rotatable bonds is 6. The van der Waals surface area contributed by atoms with Gasteiger partial charge in [-0.15, -0.1) is 0 Å². The molecule has 0 aliphatic carbocycles. The van der Waals surface area contributed by atoms with Crippen LogP contribution in [0.25, 0.3) is 10.9 Å². The maximum absolute atomic E-state index is 14.4. The molecule has 2 aromatic carbocycles. The molecule has 32 heavy (non-hydrogen) atoms. The number of anilines is 1. The zero-order valence-electron chi connectivity index (χ0n) is 18.0. The third kappa shape index (κ3) is 4.66. The van der Waals surface area contributed by atoms with Crippen molar-refractivity contribution in [2.24, 2.45) is 0 Å². The molecule has 2 atom stereocenters. The van der Waals surface area contributed by atoms with Crippen molar-refractivity contribution < 1.29 is 23.0 Å². The van der Waals surface area contributed by atoms with Crippen LogP contribution in [0, 0.1) is 6.92 Å². The van der Waals surface area contributed by atoms with Crippen LogP contribution in [0.15, 0.2) is 54.2 Å². The largest absolute Gasteiger partial charge is 0.496 e. The molecule has 9 heteroatoms. The van der Waals surface area contributed by atoms with E-state index in [1.165, 1.54) is 45.4 Å². The Morgan fingerprint density at radius 2 is 1.94 bits per heavy atom. The second-order valence-electron chi connectivity index (χ2n) is 7.66. The summed E-state index contributed by atoms with van der Waals surface area (Å²) in [7, 11) is 1.33. The molecule has 0 aliphatic heterocycles. The van der Waals surface area contributed by atoms with Gasteiger partial charge in [0.2, 0.25) is 5.60 Å². The van der Waals surface area contributed by atoms with Gasteiger partial charge in [0.25, 0.3) is 0 Å². The van der Waals surface area contributed by atoms with E-state index in [9.17, 15) is 18.3 Å². The summed E-state index contributed by atoms with van der Waals surface area (Å²) >= 11 is 6.03. The molecule has 170 valence electrons. The van der Waals surface area contributed by atoms with Crippen LogP contribution in [0.5, 0.6) is 5.75 Å². The normalized spacial score (nSPS) is 14.5. The van der Waals surface area contributed by atoms with Crippen LogP contribution in [0.1, 0.15) is 31.3 Å². The number of fused-ring (bicyclic) bond motifs is 1. The smallest absolute Gasteiger partial charge is 0.423 e. The number of allylic oxidation sites excluding steroid dienone is 1. The molecule has 2 N–H and O–H groups in total. The second kappa shape index (κ2) is 8.96. The van der Waals surface area contributed by atoms with Crippen LogP contribution < -0.4 is 10.1 Å². The van der Waals surface area contributed by atoms with Crippen LogP contribution in [0.3, 0.4) is 0 Å². The maximum Gasteiger partial charge on any atom is 0.423 e. The average Bonchev–Trinajstić information content (AvgIpc) is 2.70. The summed E-state index contributed by atoms with van der Waals surface area (Å²) in [5.74, 6) is 0.633. The second-order valence-corrected chi connectivity index (χ2v) is 8.10. The monoisotopic (exact) mass is 465 g/mol. The number of aromatic nitrogens is 2. The Morgan fingerprint density at radius 1 is 1.22 bits per heavy atom. The first kappa shape index (κ1) is 23.8. The number of hydrogen-bond acceptors (Lipinski definition) is 5. The molecule has 0 spiro atoms. The minimum absolute atomic E-state index is 0.0826. The molecule has 0 radical (unpaired) electrons. The Bertz CT molecular complexity index is 1160. The van der Waals surface area contributed by atoms with E-state index in [1.807, 2.05) is 0 Å². The summed E-state index contributed by atoms with van der Waals surface area (Å²) in [5.41, 5.74) is -2.00. The summed E-state index contributed by atoms with van der Waals surface area (Å²) in [6.07, 6.45) is -2.68. The number of aliphatic hydroxyl groups is 1. The first-order valence-electron chi connectivity index (χ1n) is 9.74. The number of hydrogen-bond donors (Lipinski definition) is 2. The van der Waals surface area contributed by atoms with Gasteiger partial charge in [-0.25, -0.2) is 9.97 Å². The molecule has 1 aromatic heterocycles. The van der Waals surface area contributed by atoms with E-state index in [4.69, 9.17) is 16.3 Å². The highest BCUT2D eigenvalue weighted by atomic mass is 35.5. The van der Waals surface area contributed by atoms with Crippen molar-refractivity contribution >= 4 is 28.2 Å². The molecule has 2 unspecified atom stereocenters. The van der Waals surface area contributed by atoms with Crippen LogP contribution in [0.2, 0.25) is 5.02 Å². The lowest BCUT2D eigenvalue weighted by atomic mass is 9.85. The highest BCUT2D eigenvalue weighted by Gasteiger charge is 2.58. The fraction of sp³-hybridized carbons (Fsp3) is 0.304. The van der Waals surface area contributed by atoms with Crippen molar-refractivity contribution in [1.82, 2.24) is 9.97 Å². The minimum atomic E-state index is -5.01. The lowest BCUT2D eigenvalue weighted by Gasteiger charge is -2.38. The van der Waals surface area contributed by atoms with Crippen LogP contribution >= 0.6 is 11.6 Å². The fourth-order valence-electron chi connectivity index (χ4n) is 3.55. The quantitative estimate of drug-likeness (QED) is 0.436. The van der Waals surface area contributed by atoms with Gasteiger partial charge in [0, 0.05) is 27.9 Å². The molecular weight excluding hydrogens is 443 g/mol. The number of alkyl halides is 3. The standard InChI is InChI=1S/C23H23ClF3N3O2/c1-13(2)11-22(31,23(25,26)27)21(16-9-8-15(24)10-20(16)32-4)30-19-7-5-6-18-17(19)12-28-14(3)29-18/h5-12,21,30-31H,1-4H3. The number of aryl methyl sites for hydroxylation is 1. The van der Waals surface area contributed by atoms with E-state index >= 15 is 0 Å². The SMILES string of the molecule is COc1cc(Cl)ccc1C(Nc1cccc2nc(C)ncc12)C(O)(C=C(C)C)C(F)(F)F. The third-order valence-corrected chi connectivity index (χ3v) is 5.19. The first-order valence-corrected chi connectivity index (χ1v) is 10.1. The Kier molecular flexibility index (Phi) is 6.67. The van der Waals surface area contributed by atoms with Gasteiger partial charge >= 0.3 is 6.18 Å². The molecular formula is C23H23ClF3N3O2. The average molecular weight is 466 g/mol. The molecule has 3 rings (SSSR count). The van der Waals surface area contributed by atoms with Crippen molar-refractivity contribution in [2.45, 2.75) is 38.6 Å². The summed E-state index contributed by atoms with van der Waals surface area (Å²) in [6.45, 7) is 4.70. The van der Waals surface area contributed by atoms with Crippen molar-refractivity contribution in [2.75, 3.05) is 12.4 Å². The van der Waals surface area contributed by atoms with Crippen LogP contribution in [-0.2, 0) is 0 Å². The summed E-state index contributed by atoms with van der Waals surface area (Å²) in [6, 6.07) is 7.59. The zero-order valence-corrected chi connectivity index (χ0v) is 18.7. The number of ether oxygens (including phenoxy) is 1. The van der Waals surface area contributed by atoms with E-state index in [0.29, 0.717) is 28.0 Å². The summed E-state index contributed by atoms with van der Waals surface area (Å²) < 4.78 is 48.4. The highest BCUT2D eigenvalue weighted by Crippen LogP contribution is 2.46. The number of benzene rings is 2. The van der Waals surface area contributed by atoms with Crippen molar-refractivity contribution in [1.29, 1.82) is 0 Å². The van der Waals surface area contributed by atoms with Gasteiger partial charge in [-0.2, -0.15) is 13.2 Å². The maximum atomic E-state index is 14.4. The molecule has 1 heterocycles. The van der Waals surface area contributed by atoms with Gasteiger partial charge in [-0.3, -0.25) is 0 Å². The van der Waals surface area contributed by atoms with Gasteiger partial charge in [-0.1, -0.05) is 29.3 Å². The highest BCUT2D eigenvalue weighted by molar-refractivity contribution is 6.30. The molecule has 0 fully saturated rings. The van der Waals surface area contributed by atoms with Gasteiger partial charge in [0.1, 0.15) is 11.6 Å². The van der Waals surface area contributed by atoms with Crippen LogP contribution in [0.4, 0.5) is 18.9 Å².